The number of hydrogen-bond donors (Lipinski definition) is 2. The van der Waals surface area contributed by atoms with Crippen molar-refractivity contribution in [1.82, 2.24) is 0 Å². The fourth-order valence-corrected chi connectivity index (χ4v) is 4.27. The zero-order valence-electron chi connectivity index (χ0n) is 14.4. The molecule has 2 rings (SSSR count). The maximum absolute atomic E-state index is 12.3. The summed E-state index contributed by atoms with van der Waals surface area (Å²) in [6, 6.07) is 3.99. The zero-order valence-corrected chi connectivity index (χ0v) is 15.2. The Bertz CT molecular complexity index is 489. The number of carbonyl (C=O) groups excluding carboxylic acids is 1. The van der Waals surface area contributed by atoms with Crippen LogP contribution >= 0.6 is 11.3 Å². The van der Waals surface area contributed by atoms with Crippen LogP contribution in [0.15, 0.2) is 12.1 Å². The first-order chi connectivity index (χ1) is 11.0. The van der Waals surface area contributed by atoms with Crippen LogP contribution in [0.2, 0.25) is 0 Å². The monoisotopic (exact) mass is 337 g/mol. The van der Waals surface area contributed by atoms with Crippen LogP contribution in [0.5, 0.6) is 0 Å². The molecule has 1 aliphatic rings. The van der Waals surface area contributed by atoms with E-state index in [1.807, 2.05) is 19.1 Å². The van der Waals surface area contributed by atoms with Gasteiger partial charge in [0.1, 0.15) is 0 Å². The Morgan fingerprint density at radius 3 is 2.78 bits per heavy atom. The largest absolute Gasteiger partial charge is 0.394 e. The molecule has 0 spiro atoms. The second kappa shape index (κ2) is 8.95. The molecular weight excluding hydrogens is 306 g/mol. The normalized spacial score (nSPS) is 18.7. The molecule has 3 N–H and O–H groups in total. The summed E-state index contributed by atoms with van der Waals surface area (Å²) in [4.78, 5) is 14.4. The highest BCUT2D eigenvalue weighted by molar-refractivity contribution is 7.14. The van der Waals surface area contributed by atoms with Gasteiger partial charge in [0, 0.05) is 16.8 Å². The predicted octanol–water partition coefficient (Wildman–Crippen LogP) is 4.32. The van der Waals surface area contributed by atoms with E-state index in [0.717, 1.165) is 30.1 Å². The number of aliphatic hydroxyl groups excluding tert-OH is 1. The smallest absolute Gasteiger partial charge is 0.172 e. The SMILES string of the molecule is CC(N)(CO)CCc1ccc(C(=O)CCCC2CCCCC2)s1. The molecule has 1 aliphatic carbocycles. The van der Waals surface area contributed by atoms with Gasteiger partial charge in [0.05, 0.1) is 11.5 Å². The fourth-order valence-electron chi connectivity index (χ4n) is 3.30. The fraction of sp³-hybridized carbons (Fsp3) is 0.737. The van der Waals surface area contributed by atoms with Crippen molar-refractivity contribution in [2.75, 3.05) is 6.61 Å². The lowest BCUT2D eigenvalue weighted by Gasteiger charge is -2.21. The molecule has 1 aromatic rings. The third kappa shape index (κ3) is 6.36. The molecule has 1 fully saturated rings. The summed E-state index contributed by atoms with van der Waals surface area (Å²) in [5, 5.41) is 9.19. The van der Waals surface area contributed by atoms with Gasteiger partial charge in [0.15, 0.2) is 5.78 Å². The summed E-state index contributed by atoms with van der Waals surface area (Å²) in [6.45, 7) is 1.85. The first-order valence-corrected chi connectivity index (χ1v) is 9.83. The van der Waals surface area contributed by atoms with Crippen LogP contribution in [-0.2, 0) is 6.42 Å². The van der Waals surface area contributed by atoms with E-state index >= 15 is 0 Å². The topological polar surface area (TPSA) is 63.3 Å². The highest BCUT2D eigenvalue weighted by atomic mass is 32.1. The van der Waals surface area contributed by atoms with Gasteiger partial charge in [-0.05, 0) is 44.2 Å². The first-order valence-electron chi connectivity index (χ1n) is 9.02. The molecule has 4 heteroatoms. The Morgan fingerprint density at radius 2 is 2.09 bits per heavy atom. The summed E-state index contributed by atoms with van der Waals surface area (Å²) in [5.74, 6) is 1.14. The molecule has 0 aromatic carbocycles. The summed E-state index contributed by atoms with van der Waals surface area (Å²) in [7, 11) is 0. The number of rotatable bonds is 9. The number of Topliss-reactive ketones (excluding diaryl/α,β-unsaturated/α-hetero) is 1. The van der Waals surface area contributed by atoms with E-state index in [9.17, 15) is 9.90 Å². The highest BCUT2D eigenvalue weighted by Gasteiger charge is 2.18. The Balaban J connectivity index is 1.72. The minimum absolute atomic E-state index is 0.00860. The van der Waals surface area contributed by atoms with Crippen molar-refractivity contribution >= 4 is 17.1 Å². The highest BCUT2D eigenvalue weighted by Crippen LogP contribution is 2.28. The standard InChI is InChI=1S/C19H31NO2S/c1-19(20,14-21)13-12-16-10-11-18(23-16)17(22)9-5-8-15-6-3-2-4-7-15/h10-11,15,21H,2-9,12-14,20H2,1H3. The van der Waals surface area contributed by atoms with Gasteiger partial charge in [-0.15, -0.1) is 11.3 Å². The van der Waals surface area contributed by atoms with Crippen molar-refractivity contribution in [3.63, 3.8) is 0 Å². The number of ketones is 1. The quantitative estimate of drug-likeness (QED) is 0.659. The van der Waals surface area contributed by atoms with Crippen molar-refractivity contribution < 1.29 is 9.90 Å². The van der Waals surface area contributed by atoms with Crippen LogP contribution in [0.3, 0.4) is 0 Å². The molecule has 0 saturated heterocycles. The van der Waals surface area contributed by atoms with E-state index in [2.05, 4.69) is 0 Å². The first kappa shape index (κ1) is 18.6. The lowest BCUT2D eigenvalue weighted by Crippen LogP contribution is -2.40. The summed E-state index contributed by atoms with van der Waals surface area (Å²) in [5.41, 5.74) is 5.42. The number of aryl methyl sites for hydroxylation is 1. The van der Waals surface area contributed by atoms with Crippen molar-refractivity contribution in [2.24, 2.45) is 11.7 Å². The van der Waals surface area contributed by atoms with E-state index in [4.69, 9.17) is 5.73 Å². The predicted molar refractivity (Wildman–Crippen MR) is 97.1 cm³/mol. The maximum atomic E-state index is 12.3. The molecule has 0 aliphatic heterocycles. The molecule has 1 aromatic heterocycles. The minimum atomic E-state index is -0.534. The molecule has 0 amide bonds. The Kier molecular flexibility index (Phi) is 7.25. The molecule has 1 saturated carbocycles. The lowest BCUT2D eigenvalue weighted by atomic mass is 9.85. The third-order valence-electron chi connectivity index (χ3n) is 4.98. The number of hydrogen-bond acceptors (Lipinski definition) is 4. The second-order valence-electron chi connectivity index (χ2n) is 7.40. The Morgan fingerprint density at radius 1 is 1.35 bits per heavy atom. The van der Waals surface area contributed by atoms with Gasteiger partial charge in [-0.2, -0.15) is 0 Å². The molecule has 0 bridgehead atoms. The molecule has 23 heavy (non-hydrogen) atoms. The van der Waals surface area contributed by atoms with Gasteiger partial charge in [-0.25, -0.2) is 0 Å². The van der Waals surface area contributed by atoms with Crippen molar-refractivity contribution in [3.05, 3.63) is 21.9 Å². The summed E-state index contributed by atoms with van der Waals surface area (Å²) in [6.07, 6.45) is 11.4. The Labute approximate surface area is 144 Å². The van der Waals surface area contributed by atoms with Gasteiger partial charge >= 0.3 is 0 Å². The number of nitrogens with two attached hydrogens (primary N) is 1. The minimum Gasteiger partial charge on any atom is -0.394 e. The van der Waals surface area contributed by atoms with Gasteiger partial charge < -0.3 is 10.8 Å². The second-order valence-corrected chi connectivity index (χ2v) is 8.57. The van der Waals surface area contributed by atoms with Crippen molar-refractivity contribution in [1.29, 1.82) is 0 Å². The van der Waals surface area contributed by atoms with E-state index < -0.39 is 5.54 Å². The number of carbonyl (C=O) groups is 1. The Hall–Kier alpha value is -0.710. The maximum Gasteiger partial charge on any atom is 0.172 e. The molecule has 0 radical (unpaired) electrons. The average Bonchev–Trinajstić information content (AvgIpc) is 3.03. The number of aliphatic hydroxyl groups is 1. The molecule has 3 nitrogen and oxygen atoms in total. The van der Waals surface area contributed by atoms with Crippen LogP contribution in [-0.4, -0.2) is 23.0 Å². The van der Waals surface area contributed by atoms with Crippen LogP contribution in [0.4, 0.5) is 0 Å². The van der Waals surface area contributed by atoms with Gasteiger partial charge in [0.25, 0.3) is 0 Å². The number of thiophene rings is 1. The molecular formula is C19H31NO2S. The van der Waals surface area contributed by atoms with Gasteiger partial charge in [-0.3, -0.25) is 4.79 Å². The third-order valence-corrected chi connectivity index (χ3v) is 6.17. The van der Waals surface area contributed by atoms with Crippen LogP contribution in [0.1, 0.15) is 79.3 Å². The molecule has 1 heterocycles. The van der Waals surface area contributed by atoms with Crippen LogP contribution < -0.4 is 5.73 Å². The summed E-state index contributed by atoms with van der Waals surface area (Å²) < 4.78 is 0. The van der Waals surface area contributed by atoms with E-state index in [1.54, 1.807) is 11.3 Å². The summed E-state index contributed by atoms with van der Waals surface area (Å²) >= 11 is 1.59. The van der Waals surface area contributed by atoms with Crippen molar-refractivity contribution in [2.45, 2.75) is 76.7 Å². The van der Waals surface area contributed by atoms with Gasteiger partial charge in [-0.1, -0.05) is 38.5 Å². The molecule has 1 atom stereocenters. The molecule has 1 unspecified atom stereocenters. The van der Waals surface area contributed by atoms with Gasteiger partial charge in [0.2, 0.25) is 0 Å². The van der Waals surface area contributed by atoms with Crippen LogP contribution in [0, 0.1) is 5.92 Å². The lowest BCUT2D eigenvalue weighted by molar-refractivity contribution is 0.0980. The van der Waals surface area contributed by atoms with Crippen LogP contribution in [0.25, 0.3) is 0 Å². The van der Waals surface area contributed by atoms with E-state index in [0.29, 0.717) is 6.42 Å². The van der Waals surface area contributed by atoms with E-state index in [-0.39, 0.29) is 12.4 Å². The zero-order chi connectivity index (χ0) is 16.7. The average molecular weight is 338 g/mol. The van der Waals surface area contributed by atoms with Crippen molar-refractivity contribution in [3.8, 4) is 0 Å². The molecule has 130 valence electrons. The van der Waals surface area contributed by atoms with E-state index in [1.165, 1.54) is 43.4 Å².